The topological polar surface area (TPSA) is 17.1 Å². The van der Waals surface area contributed by atoms with E-state index in [-0.39, 0.29) is 22.9 Å². The van der Waals surface area contributed by atoms with Crippen LogP contribution in [-0.2, 0) is 17.1 Å². The van der Waals surface area contributed by atoms with Crippen LogP contribution in [0.1, 0.15) is 21.5 Å². The number of ketones is 1. The molecule has 0 radical (unpaired) electrons. The van der Waals surface area contributed by atoms with Crippen LogP contribution < -0.4 is 0 Å². The molecule has 3 aromatic carbocycles. The summed E-state index contributed by atoms with van der Waals surface area (Å²) in [6.45, 7) is 2.01. The van der Waals surface area contributed by atoms with Gasteiger partial charge in [0.1, 0.15) is 5.78 Å². The Hall–Kier alpha value is -1.89. The van der Waals surface area contributed by atoms with E-state index >= 15 is 0 Å². The van der Waals surface area contributed by atoms with Gasteiger partial charge < -0.3 is 35.1 Å². The van der Waals surface area contributed by atoms with Gasteiger partial charge in [0.2, 0.25) is 0 Å². The molecule has 0 unspecified atom stereocenters. The van der Waals surface area contributed by atoms with Crippen molar-refractivity contribution < 1.29 is 21.9 Å². The summed E-state index contributed by atoms with van der Waals surface area (Å²) in [5.41, 5.74) is 2.68. The Balaban J connectivity index is 0.000000283. The Morgan fingerprint density at radius 3 is 1.80 bits per heavy atom. The molecule has 3 aromatic rings. The van der Waals surface area contributed by atoms with Crippen LogP contribution in [0.4, 0.5) is 0 Å². The second kappa shape index (κ2) is 8.31. The van der Waals surface area contributed by atoms with E-state index in [1.54, 1.807) is 0 Å². The van der Waals surface area contributed by atoms with Gasteiger partial charge in [-0.25, -0.2) is 0 Å². The number of benzene rings is 1. The van der Waals surface area contributed by atoms with Crippen molar-refractivity contribution in [2.45, 2.75) is 6.92 Å². The predicted octanol–water partition coefficient (Wildman–Crippen LogP) is 4.35. The first kappa shape index (κ1) is 16.2. The third kappa shape index (κ3) is 4.65. The Bertz CT molecular complexity index is 572. The molecule has 0 aromatic heterocycles. The van der Waals surface area contributed by atoms with Crippen LogP contribution in [0.2, 0.25) is 0 Å². The summed E-state index contributed by atoms with van der Waals surface area (Å²) in [6.07, 6.45) is 0. The maximum atomic E-state index is 11.8. The minimum atomic E-state index is 0. The molecule has 0 aliphatic rings. The summed E-state index contributed by atoms with van der Waals surface area (Å²) < 4.78 is 0. The third-order valence-corrected chi connectivity index (χ3v) is 2.79. The zero-order valence-electron chi connectivity index (χ0n) is 11.3. The van der Waals surface area contributed by atoms with Crippen molar-refractivity contribution in [3.63, 3.8) is 0 Å². The second-order valence-electron chi connectivity index (χ2n) is 4.33. The quantitative estimate of drug-likeness (QED) is 0.391. The summed E-state index contributed by atoms with van der Waals surface area (Å²) in [6, 6.07) is 25.1. The standard InChI is InChI=1S/C13H11O.C5H5.Fe/c1-10-6-8-12(9-7-10)13(14)11-4-2-3-5-11;1-2-4-5-3-1;/h2-9H,1H3;1-5H;/q-1;-5;. The summed E-state index contributed by atoms with van der Waals surface area (Å²) in [5.74, 6) is 0.0926. The molecule has 0 amide bonds. The van der Waals surface area contributed by atoms with Crippen molar-refractivity contribution in [3.8, 4) is 0 Å². The van der Waals surface area contributed by atoms with Crippen LogP contribution in [0.3, 0.4) is 0 Å². The SMILES string of the molecule is Cc1ccc(C(=O)[c-]2cccc2)cc1.[Fe].[cH-]1[cH-][cH-][cH-][cH-]1. The van der Waals surface area contributed by atoms with E-state index in [0.29, 0.717) is 0 Å². The van der Waals surface area contributed by atoms with Crippen molar-refractivity contribution in [3.05, 3.63) is 95.6 Å². The maximum Gasteiger partial charge on any atom is 0.112 e. The maximum absolute atomic E-state index is 11.8. The average molecular weight is 304 g/mol. The number of hydrogen-bond donors (Lipinski definition) is 0. The Morgan fingerprint density at radius 2 is 1.35 bits per heavy atom. The Labute approximate surface area is 130 Å². The molecule has 0 N–H and O–H groups in total. The van der Waals surface area contributed by atoms with Crippen LogP contribution in [-0.4, -0.2) is 5.78 Å². The minimum Gasteiger partial charge on any atom is -0.748 e. The van der Waals surface area contributed by atoms with Crippen molar-refractivity contribution >= 4 is 5.78 Å². The average Bonchev–Trinajstić information content (AvgIpc) is 3.15. The molecule has 0 aliphatic carbocycles. The first-order valence-electron chi connectivity index (χ1n) is 6.27. The van der Waals surface area contributed by atoms with Crippen LogP contribution in [0.25, 0.3) is 0 Å². The second-order valence-corrected chi connectivity index (χ2v) is 4.33. The molecule has 0 spiro atoms. The number of aryl methyl sites for hydroxylation is 1. The molecule has 0 saturated heterocycles. The third-order valence-electron chi connectivity index (χ3n) is 2.79. The molecule has 20 heavy (non-hydrogen) atoms. The van der Waals surface area contributed by atoms with Gasteiger partial charge in [0.05, 0.1) is 0 Å². The normalized spacial score (nSPS) is 9.05. The van der Waals surface area contributed by atoms with Gasteiger partial charge in [0.25, 0.3) is 0 Å². The summed E-state index contributed by atoms with van der Waals surface area (Å²) in [7, 11) is 0. The smallest absolute Gasteiger partial charge is 0.112 e. The van der Waals surface area contributed by atoms with Crippen molar-refractivity contribution in [2.24, 2.45) is 0 Å². The number of rotatable bonds is 2. The zero-order chi connectivity index (χ0) is 13.5. The molecular formula is C18H16FeO-6. The molecule has 0 heterocycles. The zero-order valence-corrected chi connectivity index (χ0v) is 12.4. The van der Waals surface area contributed by atoms with Crippen LogP contribution in [0.15, 0.2) is 78.9 Å². The van der Waals surface area contributed by atoms with Crippen LogP contribution in [0.5, 0.6) is 0 Å². The fraction of sp³-hybridized carbons (Fsp3) is 0.0556. The van der Waals surface area contributed by atoms with E-state index in [1.165, 1.54) is 5.56 Å². The van der Waals surface area contributed by atoms with Gasteiger partial charge in [-0.15, -0.1) is 12.1 Å². The van der Waals surface area contributed by atoms with E-state index in [9.17, 15) is 4.79 Å². The van der Waals surface area contributed by atoms with Gasteiger partial charge in [-0.1, -0.05) is 41.0 Å². The molecule has 1 nitrogen and oxygen atoms in total. The predicted molar refractivity (Wildman–Crippen MR) is 78.7 cm³/mol. The molecule has 0 fully saturated rings. The summed E-state index contributed by atoms with van der Waals surface area (Å²) in [5, 5.41) is 0. The Morgan fingerprint density at radius 1 is 0.900 bits per heavy atom. The number of carbonyl (C=O) groups is 1. The number of carbonyl (C=O) groups excluding carboxylic acids is 1. The van der Waals surface area contributed by atoms with Gasteiger partial charge in [0, 0.05) is 17.1 Å². The van der Waals surface area contributed by atoms with Crippen molar-refractivity contribution in [1.82, 2.24) is 0 Å². The monoisotopic (exact) mass is 304 g/mol. The van der Waals surface area contributed by atoms with Gasteiger partial charge in [-0.3, -0.25) is 0 Å². The summed E-state index contributed by atoms with van der Waals surface area (Å²) in [4.78, 5) is 11.8. The van der Waals surface area contributed by atoms with Gasteiger partial charge in [-0.2, -0.15) is 12.1 Å². The van der Waals surface area contributed by atoms with Gasteiger partial charge >= 0.3 is 0 Å². The van der Waals surface area contributed by atoms with Gasteiger partial charge in [0.15, 0.2) is 0 Å². The van der Waals surface area contributed by atoms with E-state index in [1.807, 2.05) is 85.8 Å². The first-order valence-corrected chi connectivity index (χ1v) is 6.27. The van der Waals surface area contributed by atoms with E-state index < -0.39 is 0 Å². The molecular weight excluding hydrogens is 288 g/mol. The Kier molecular flexibility index (Phi) is 6.72. The minimum absolute atomic E-state index is 0. The molecule has 0 bridgehead atoms. The molecule has 108 valence electrons. The van der Waals surface area contributed by atoms with E-state index in [0.717, 1.165) is 11.1 Å². The molecule has 0 saturated carbocycles. The van der Waals surface area contributed by atoms with Crippen molar-refractivity contribution in [1.29, 1.82) is 0 Å². The van der Waals surface area contributed by atoms with Crippen LogP contribution >= 0.6 is 0 Å². The first-order chi connectivity index (χ1) is 9.27. The van der Waals surface area contributed by atoms with Crippen LogP contribution in [0, 0.1) is 6.92 Å². The molecule has 2 heteroatoms. The van der Waals surface area contributed by atoms with Gasteiger partial charge in [-0.05, 0) is 6.92 Å². The molecule has 3 rings (SSSR count). The fourth-order valence-electron chi connectivity index (χ4n) is 1.72. The van der Waals surface area contributed by atoms with Crippen molar-refractivity contribution in [2.75, 3.05) is 0 Å². The number of hydrogen-bond acceptors (Lipinski definition) is 1. The summed E-state index contributed by atoms with van der Waals surface area (Å²) >= 11 is 0. The molecule has 0 aliphatic heterocycles. The molecule has 0 atom stereocenters. The van der Waals surface area contributed by atoms with E-state index in [2.05, 4.69) is 0 Å². The largest absolute Gasteiger partial charge is 0.748 e. The fourth-order valence-corrected chi connectivity index (χ4v) is 1.72. The van der Waals surface area contributed by atoms with E-state index in [4.69, 9.17) is 0 Å².